The highest BCUT2D eigenvalue weighted by molar-refractivity contribution is 5.99. The van der Waals surface area contributed by atoms with Gasteiger partial charge in [0.05, 0.1) is 12.2 Å². The number of rotatable bonds is 6. The Kier molecular flexibility index (Phi) is 5.45. The molecule has 3 N–H and O–H groups in total. The van der Waals surface area contributed by atoms with Gasteiger partial charge >= 0.3 is 0 Å². The number of aryl methyl sites for hydroxylation is 1. The fourth-order valence-electron chi connectivity index (χ4n) is 1.58. The maximum atomic E-state index is 8.76. The van der Waals surface area contributed by atoms with Gasteiger partial charge in [-0.25, -0.2) is 0 Å². The monoisotopic (exact) mass is 252 g/mol. The Bertz CT molecular complexity index is 419. The van der Waals surface area contributed by atoms with Gasteiger partial charge in [-0.15, -0.1) is 0 Å². The molecule has 1 aromatic rings. The van der Waals surface area contributed by atoms with Crippen molar-refractivity contribution in [2.24, 2.45) is 10.9 Å². The fourth-order valence-corrected chi connectivity index (χ4v) is 1.58. The van der Waals surface area contributed by atoms with Crippen LogP contribution in [0.4, 0.5) is 0 Å². The highest BCUT2D eigenvalue weighted by Crippen LogP contribution is 2.24. The summed E-state index contributed by atoms with van der Waals surface area (Å²) in [5, 5.41) is 11.8. The minimum Gasteiger partial charge on any atom is -0.487 e. The van der Waals surface area contributed by atoms with Crippen molar-refractivity contribution in [2.45, 2.75) is 26.9 Å². The summed E-state index contributed by atoms with van der Waals surface area (Å²) in [6, 6.07) is 5.50. The maximum absolute atomic E-state index is 8.76. The predicted octanol–water partition coefficient (Wildman–Crippen LogP) is 1.89. The van der Waals surface area contributed by atoms with Crippen LogP contribution in [0.25, 0.3) is 0 Å². The summed E-state index contributed by atoms with van der Waals surface area (Å²) in [7, 11) is 0. The molecule has 0 saturated carbocycles. The number of ether oxygens (including phenoxy) is 2. The van der Waals surface area contributed by atoms with Gasteiger partial charge in [-0.2, -0.15) is 0 Å². The summed E-state index contributed by atoms with van der Waals surface area (Å²) in [4.78, 5) is 0. The molecule has 0 aliphatic rings. The second-order valence-electron chi connectivity index (χ2n) is 4.02. The lowest BCUT2D eigenvalue weighted by atomic mass is 10.1. The number of para-hydroxylation sites is 1. The molecule has 0 amide bonds. The third-order valence-electron chi connectivity index (χ3n) is 2.47. The molecule has 0 aliphatic heterocycles. The Labute approximate surface area is 107 Å². The third-order valence-corrected chi connectivity index (χ3v) is 2.47. The van der Waals surface area contributed by atoms with Crippen LogP contribution in [0, 0.1) is 6.92 Å². The van der Waals surface area contributed by atoms with E-state index in [2.05, 4.69) is 5.16 Å². The number of oxime groups is 1. The summed E-state index contributed by atoms with van der Waals surface area (Å²) in [5.41, 5.74) is 7.15. The van der Waals surface area contributed by atoms with Crippen LogP contribution in [0.2, 0.25) is 0 Å². The third kappa shape index (κ3) is 3.63. The Hall–Kier alpha value is -1.75. The zero-order chi connectivity index (χ0) is 13.5. The van der Waals surface area contributed by atoms with Crippen LogP contribution in [0.5, 0.6) is 5.75 Å². The molecule has 0 spiro atoms. The number of nitrogens with two attached hydrogens (primary N) is 1. The van der Waals surface area contributed by atoms with Gasteiger partial charge in [0.25, 0.3) is 0 Å². The first kappa shape index (κ1) is 14.3. The average Bonchev–Trinajstić information content (AvgIpc) is 2.37. The predicted molar refractivity (Wildman–Crippen MR) is 70.3 cm³/mol. The van der Waals surface area contributed by atoms with E-state index in [4.69, 9.17) is 20.4 Å². The number of hydrogen-bond donors (Lipinski definition) is 2. The molecule has 0 aromatic heterocycles. The van der Waals surface area contributed by atoms with Crippen LogP contribution in [0.1, 0.15) is 25.0 Å². The number of benzene rings is 1. The van der Waals surface area contributed by atoms with Gasteiger partial charge in [-0.3, -0.25) is 0 Å². The van der Waals surface area contributed by atoms with E-state index in [1.807, 2.05) is 32.9 Å². The van der Waals surface area contributed by atoms with Gasteiger partial charge in [0, 0.05) is 6.61 Å². The molecule has 5 nitrogen and oxygen atoms in total. The molecule has 1 aromatic carbocycles. The van der Waals surface area contributed by atoms with Crippen LogP contribution in [0.15, 0.2) is 23.4 Å². The van der Waals surface area contributed by atoms with Crippen molar-refractivity contribution in [1.82, 2.24) is 0 Å². The molecule has 5 heteroatoms. The number of hydrogen-bond acceptors (Lipinski definition) is 4. The molecular formula is C13H20N2O3. The van der Waals surface area contributed by atoms with Gasteiger partial charge in [0.15, 0.2) is 5.84 Å². The molecule has 1 unspecified atom stereocenters. The van der Waals surface area contributed by atoms with Crippen molar-refractivity contribution in [1.29, 1.82) is 0 Å². The minimum atomic E-state index is -0.101. The van der Waals surface area contributed by atoms with Crippen LogP contribution in [-0.2, 0) is 4.74 Å². The fraction of sp³-hybridized carbons (Fsp3) is 0.462. The second-order valence-corrected chi connectivity index (χ2v) is 4.02. The normalized spacial score (nSPS) is 13.4. The molecule has 1 rings (SSSR count). The Morgan fingerprint density at radius 2 is 2.22 bits per heavy atom. The summed E-state index contributed by atoms with van der Waals surface area (Å²) in [6.45, 7) is 6.91. The first-order valence-corrected chi connectivity index (χ1v) is 5.92. The van der Waals surface area contributed by atoms with Crippen LogP contribution in [-0.4, -0.2) is 30.4 Å². The molecule has 0 radical (unpaired) electrons. The van der Waals surface area contributed by atoms with Crippen LogP contribution >= 0.6 is 0 Å². The molecule has 100 valence electrons. The molecule has 1 atom stereocenters. The topological polar surface area (TPSA) is 77.1 Å². The minimum absolute atomic E-state index is 0.0392. The van der Waals surface area contributed by atoms with E-state index >= 15 is 0 Å². The lowest BCUT2D eigenvalue weighted by molar-refractivity contribution is 0.0652. The van der Waals surface area contributed by atoms with Gasteiger partial charge in [-0.05, 0) is 32.4 Å². The van der Waals surface area contributed by atoms with Gasteiger partial charge in [-0.1, -0.05) is 17.3 Å². The average molecular weight is 252 g/mol. The van der Waals surface area contributed by atoms with Gasteiger partial charge < -0.3 is 20.4 Å². The van der Waals surface area contributed by atoms with E-state index in [0.717, 1.165) is 5.56 Å². The Morgan fingerprint density at radius 3 is 2.83 bits per heavy atom. The van der Waals surface area contributed by atoms with Crippen molar-refractivity contribution in [3.05, 3.63) is 29.3 Å². The molecular weight excluding hydrogens is 232 g/mol. The Morgan fingerprint density at radius 1 is 1.50 bits per heavy atom. The molecule has 0 fully saturated rings. The van der Waals surface area contributed by atoms with Crippen molar-refractivity contribution < 1.29 is 14.7 Å². The molecule has 0 heterocycles. The molecule has 18 heavy (non-hydrogen) atoms. The highest BCUT2D eigenvalue weighted by Gasteiger charge is 2.14. The zero-order valence-corrected chi connectivity index (χ0v) is 11.0. The van der Waals surface area contributed by atoms with E-state index in [9.17, 15) is 0 Å². The molecule has 0 bridgehead atoms. The van der Waals surface area contributed by atoms with Crippen LogP contribution < -0.4 is 10.5 Å². The number of nitrogens with zero attached hydrogens (tertiary/aromatic N) is 1. The maximum Gasteiger partial charge on any atom is 0.173 e. The number of amidine groups is 1. The first-order chi connectivity index (χ1) is 8.60. The zero-order valence-electron chi connectivity index (χ0n) is 11.0. The molecule has 0 aliphatic carbocycles. The van der Waals surface area contributed by atoms with Crippen molar-refractivity contribution in [2.75, 3.05) is 13.2 Å². The lowest BCUT2D eigenvalue weighted by Crippen LogP contribution is -2.22. The molecule has 0 saturated heterocycles. The van der Waals surface area contributed by atoms with E-state index < -0.39 is 0 Å². The first-order valence-electron chi connectivity index (χ1n) is 5.92. The van der Waals surface area contributed by atoms with E-state index in [-0.39, 0.29) is 11.9 Å². The quantitative estimate of drug-likeness (QED) is 0.351. The highest BCUT2D eigenvalue weighted by atomic mass is 16.5. The SMILES string of the molecule is CCOCC(C)Oc1c(C)cccc1/C(N)=N/O. The van der Waals surface area contributed by atoms with Crippen molar-refractivity contribution >= 4 is 5.84 Å². The standard InChI is InChI=1S/C13H20N2O3/c1-4-17-8-10(3)18-12-9(2)6-5-7-11(12)13(14)15-16/h5-7,10,16H,4,8H2,1-3H3,(H2,14,15). The second kappa shape index (κ2) is 6.86. The van der Waals surface area contributed by atoms with Crippen molar-refractivity contribution in [3.63, 3.8) is 0 Å². The largest absolute Gasteiger partial charge is 0.487 e. The summed E-state index contributed by atoms with van der Waals surface area (Å²) in [6.07, 6.45) is -0.101. The summed E-state index contributed by atoms with van der Waals surface area (Å²) >= 11 is 0. The summed E-state index contributed by atoms with van der Waals surface area (Å²) in [5.74, 6) is 0.664. The van der Waals surface area contributed by atoms with Gasteiger partial charge in [0.2, 0.25) is 0 Å². The van der Waals surface area contributed by atoms with E-state index in [1.54, 1.807) is 6.07 Å². The van der Waals surface area contributed by atoms with Gasteiger partial charge in [0.1, 0.15) is 11.9 Å². The van der Waals surface area contributed by atoms with Crippen molar-refractivity contribution in [3.8, 4) is 5.75 Å². The lowest BCUT2D eigenvalue weighted by Gasteiger charge is -2.18. The smallest absolute Gasteiger partial charge is 0.173 e. The van der Waals surface area contributed by atoms with E-state index in [0.29, 0.717) is 24.5 Å². The van der Waals surface area contributed by atoms with Crippen LogP contribution in [0.3, 0.4) is 0 Å². The van der Waals surface area contributed by atoms with E-state index in [1.165, 1.54) is 0 Å². The summed E-state index contributed by atoms with van der Waals surface area (Å²) < 4.78 is 11.1. The Balaban J connectivity index is 2.93.